The average Bonchev–Trinajstić information content (AvgIpc) is 2.27. The lowest BCUT2D eigenvalue weighted by Gasteiger charge is -2.23. The summed E-state index contributed by atoms with van der Waals surface area (Å²) in [6, 6.07) is 0.133. The van der Waals surface area contributed by atoms with Crippen LogP contribution in [-0.2, 0) is 0 Å². The van der Waals surface area contributed by atoms with E-state index in [1.54, 1.807) is 17.0 Å². The topological polar surface area (TPSA) is 72.9 Å². The van der Waals surface area contributed by atoms with Gasteiger partial charge in [0.25, 0.3) is 5.56 Å². The molecule has 0 aliphatic carbocycles. The molecule has 0 fully saturated rings. The summed E-state index contributed by atoms with van der Waals surface area (Å²) in [6.07, 6.45) is 3.34. The average molecular weight is 238 g/mol. The van der Waals surface area contributed by atoms with E-state index in [9.17, 15) is 4.79 Å². The molecule has 1 aromatic rings. The number of nitrogens with zero attached hydrogens (tertiary/aromatic N) is 2. The van der Waals surface area contributed by atoms with Crippen LogP contribution in [0.15, 0.2) is 17.2 Å². The summed E-state index contributed by atoms with van der Waals surface area (Å²) in [5.41, 5.74) is 5.51. The molecule has 0 radical (unpaired) electrons. The smallest absolute Gasteiger partial charge is 0.293 e. The second kappa shape index (κ2) is 5.31. The van der Waals surface area contributed by atoms with Crippen LogP contribution in [0.3, 0.4) is 0 Å². The predicted molar refractivity (Wildman–Crippen MR) is 70.2 cm³/mol. The van der Waals surface area contributed by atoms with E-state index in [4.69, 9.17) is 5.73 Å². The molecule has 0 unspecified atom stereocenters. The van der Waals surface area contributed by atoms with Crippen LogP contribution < -0.4 is 16.6 Å². The summed E-state index contributed by atoms with van der Waals surface area (Å²) in [7, 11) is 0. The molecule has 0 bridgehead atoms. The van der Waals surface area contributed by atoms with Crippen molar-refractivity contribution < 1.29 is 0 Å². The number of nitrogens with two attached hydrogens (primary N) is 1. The summed E-state index contributed by atoms with van der Waals surface area (Å²) >= 11 is 0. The fourth-order valence-corrected chi connectivity index (χ4v) is 1.35. The normalized spacial score (nSPS) is 11.9. The van der Waals surface area contributed by atoms with Crippen molar-refractivity contribution in [1.29, 1.82) is 0 Å². The van der Waals surface area contributed by atoms with Crippen molar-refractivity contribution in [2.45, 2.75) is 33.7 Å². The minimum absolute atomic E-state index is 0.0490. The van der Waals surface area contributed by atoms with E-state index in [1.807, 2.05) is 27.7 Å². The Morgan fingerprint density at radius 1 is 1.53 bits per heavy atom. The zero-order valence-corrected chi connectivity index (χ0v) is 11.0. The summed E-state index contributed by atoms with van der Waals surface area (Å²) in [6.45, 7) is 9.22. The first kappa shape index (κ1) is 13.7. The second-order valence-electron chi connectivity index (χ2n) is 5.30. The highest BCUT2D eigenvalue weighted by atomic mass is 16.1. The highest BCUT2D eigenvalue weighted by Gasteiger charge is 2.16. The van der Waals surface area contributed by atoms with Crippen molar-refractivity contribution >= 4 is 5.82 Å². The Kier molecular flexibility index (Phi) is 4.28. The van der Waals surface area contributed by atoms with Crippen molar-refractivity contribution in [2.24, 2.45) is 11.1 Å². The Morgan fingerprint density at radius 3 is 2.71 bits per heavy atom. The third kappa shape index (κ3) is 3.56. The first-order chi connectivity index (χ1) is 7.87. The molecule has 0 atom stereocenters. The maximum atomic E-state index is 12.0. The molecule has 0 saturated carbocycles. The summed E-state index contributed by atoms with van der Waals surface area (Å²) in [5, 5.41) is 3.07. The third-order valence-corrected chi connectivity index (χ3v) is 2.71. The van der Waals surface area contributed by atoms with Crippen LogP contribution in [0.2, 0.25) is 0 Å². The van der Waals surface area contributed by atoms with Gasteiger partial charge in [0.2, 0.25) is 0 Å². The summed E-state index contributed by atoms with van der Waals surface area (Å²) in [4.78, 5) is 16.1. The minimum Gasteiger partial charge on any atom is -0.365 e. The molecule has 0 aliphatic rings. The van der Waals surface area contributed by atoms with Crippen LogP contribution in [0, 0.1) is 5.41 Å². The molecule has 0 amide bonds. The fraction of sp³-hybridized carbons (Fsp3) is 0.667. The van der Waals surface area contributed by atoms with Crippen LogP contribution in [0.5, 0.6) is 0 Å². The van der Waals surface area contributed by atoms with Crippen molar-refractivity contribution in [3.05, 3.63) is 22.7 Å². The molecule has 0 aromatic carbocycles. The van der Waals surface area contributed by atoms with E-state index in [1.165, 1.54) is 0 Å². The van der Waals surface area contributed by atoms with Gasteiger partial charge >= 0.3 is 0 Å². The number of hydrogen-bond acceptors (Lipinski definition) is 4. The number of nitrogens with one attached hydrogen (secondary N) is 1. The van der Waals surface area contributed by atoms with Crippen molar-refractivity contribution in [3.8, 4) is 0 Å². The first-order valence-corrected chi connectivity index (χ1v) is 5.88. The van der Waals surface area contributed by atoms with E-state index in [0.717, 1.165) is 0 Å². The molecule has 1 heterocycles. The molecule has 3 N–H and O–H groups in total. The van der Waals surface area contributed by atoms with Crippen LogP contribution in [0.4, 0.5) is 5.82 Å². The van der Waals surface area contributed by atoms with Crippen molar-refractivity contribution in [2.75, 3.05) is 18.4 Å². The lowest BCUT2D eigenvalue weighted by Crippen LogP contribution is -2.34. The highest BCUT2D eigenvalue weighted by molar-refractivity contribution is 5.31. The number of anilines is 1. The van der Waals surface area contributed by atoms with Gasteiger partial charge in [-0.3, -0.25) is 4.79 Å². The molecular formula is C12H22N4O. The van der Waals surface area contributed by atoms with E-state index >= 15 is 0 Å². The quantitative estimate of drug-likeness (QED) is 0.809. The monoisotopic (exact) mass is 238 g/mol. The van der Waals surface area contributed by atoms with Gasteiger partial charge in [-0.25, -0.2) is 4.98 Å². The molecule has 5 heteroatoms. The van der Waals surface area contributed by atoms with E-state index in [2.05, 4.69) is 10.3 Å². The Bertz CT molecular complexity index is 423. The van der Waals surface area contributed by atoms with Gasteiger partial charge < -0.3 is 15.6 Å². The van der Waals surface area contributed by atoms with Crippen LogP contribution in [0.25, 0.3) is 0 Å². The Hall–Kier alpha value is -1.36. The highest BCUT2D eigenvalue weighted by Crippen LogP contribution is 2.12. The van der Waals surface area contributed by atoms with Crippen LogP contribution in [-0.4, -0.2) is 22.6 Å². The predicted octanol–water partition coefficient (Wildman–Crippen LogP) is 1.22. The van der Waals surface area contributed by atoms with Gasteiger partial charge in [0.1, 0.15) is 0 Å². The van der Waals surface area contributed by atoms with Crippen LogP contribution in [0.1, 0.15) is 33.7 Å². The molecule has 0 saturated heterocycles. The zero-order chi connectivity index (χ0) is 13.1. The molecule has 1 rings (SSSR count). The molecule has 17 heavy (non-hydrogen) atoms. The number of aromatic nitrogens is 2. The Balaban J connectivity index is 2.86. The molecule has 0 spiro atoms. The Morgan fingerprint density at radius 2 is 2.18 bits per heavy atom. The number of rotatable bonds is 5. The van der Waals surface area contributed by atoms with Gasteiger partial charge in [0.15, 0.2) is 5.82 Å². The standard InChI is InChI=1S/C12H22N4O/c1-9(2)16-6-5-14-10(11(16)17)15-8-12(3,4)7-13/h5-6,9H,7-8,13H2,1-4H3,(H,14,15). The minimum atomic E-state index is -0.0877. The van der Waals surface area contributed by atoms with Crippen molar-refractivity contribution in [3.63, 3.8) is 0 Å². The summed E-state index contributed by atoms with van der Waals surface area (Å²) < 4.78 is 1.66. The molecule has 0 aliphatic heterocycles. The maximum absolute atomic E-state index is 12.0. The number of hydrogen-bond donors (Lipinski definition) is 2. The largest absolute Gasteiger partial charge is 0.365 e. The van der Waals surface area contributed by atoms with Gasteiger partial charge in [0.05, 0.1) is 0 Å². The molecular weight excluding hydrogens is 216 g/mol. The lowest BCUT2D eigenvalue weighted by molar-refractivity contribution is 0.404. The van der Waals surface area contributed by atoms with Gasteiger partial charge in [-0.05, 0) is 25.8 Å². The van der Waals surface area contributed by atoms with Gasteiger partial charge in [-0.1, -0.05) is 13.8 Å². The van der Waals surface area contributed by atoms with E-state index in [-0.39, 0.29) is 17.0 Å². The zero-order valence-electron chi connectivity index (χ0n) is 11.0. The van der Waals surface area contributed by atoms with Gasteiger partial charge in [-0.2, -0.15) is 0 Å². The SMILES string of the molecule is CC(C)n1ccnc(NCC(C)(C)CN)c1=O. The lowest BCUT2D eigenvalue weighted by atomic mass is 9.94. The molecule has 5 nitrogen and oxygen atoms in total. The Labute approximate surface area is 102 Å². The molecule has 1 aromatic heterocycles. The maximum Gasteiger partial charge on any atom is 0.293 e. The van der Waals surface area contributed by atoms with E-state index < -0.39 is 0 Å². The van der Waals surface area contributed by atoms with E-state index in [0.29, 0.717) is 18.9 Å². The summed E-state index contributed by atoms with van der Waals surface area (Å²) in [5.74, 6) is 0.391. The van der Waals surface area contributed by atoms with Crippen molar-refractivity contribution in [1.82, 2.24) is 9.55 Å². The first-order valence-electron chi connectivity index (χ1n) is 5.88. The molecule has 96 valence electrons. The second-order valence-corrected chi connectivity index (χ2v) is 5.30. The van der Waals surface area contributed by atoms with Crippen LogP contribution >= 0.6 is 0 Å². The van der Waals surface area contributed by atoms with Gasteiger partial charge in [0, 0.05) is 25.0 Å². The van der Waals surface area contributed by atoms with Gasteiger partial charge in [-0.15, -0.1) is 0 Å². The third-order valence-electron chi connectivity index (χ3n) is 2.71. The fourth-order valence-electron chi connectivity index (χ4n) is 1.35.